The molecule has 2 rings (SSSR count). The van der Waals surface area contributed by atoms with Gasteiger partial charge < -0.3 is 5.73 Å². The highest BCUT2D eigenvalue weighted by Crippen LogP contribution is 2.34. The maximum atomic E-state index is 5.69. The largest absolute Gasteiger partial charge is 0.328 e. The lowest BCUT2D eigenvalue weighted by atomic mass is 9.77. The zero-order valence-electron chi connectivity index (χ0n) is 6.81. The van der Waals surface area contributed by atoms with Crippen molar-refractivity contribution in [2.24, 2.45) is 5.73 Å². The summed E-state index contributed by atoms with van der Waals surface area (Å²) < 4.78 is 0. The van der Waals surface area contributed by atoms with Gasteiger partial charge in [-0.3, -0.25) is 4.98 Å². The molecule has 0 radical (unpaired) electrons. The molecule has 0 spiro atoms. The third kappa shape index (κ3) is 1.76. The molecule has 1 aromatic rings. The van der Waals surface area contributed by atoms with Crippen molar-refractivity contribution in [3.63, 3.8) is 0 Å². The Kier molecular flexibility index (Phi) is 3.06. The normalized spacial score (nSPS) is 27.1. The van der Waals surface area contributed by atoms with Crippen LogP contribution in [0.5, 0.6) is 0 Å². The van der Waals surface area contributed by atoms with Crippen LogP contribution in [0.2, 0.25) is 0 Å². The molecule has 1 fully saturated rings. The number of hydrogen-bond acceptors (Lipinski definition) is 2. The van der Waals surface area contributed by atoms with Crippen molar-refractivity contribution in [3.05, 3.63) is 30.1 Å². The van der Waals surface area contributed by atoms with Crippen molar-refractivity contribution in [1.29, 1.82) is 0 Å². The molecule has 2 N–H and O–H groups in total. The summed E-state index contributed by atoms with van der Waals surface area (Å²) in [6.45, 7) is 0. The van der Waals surface area contributed by atoms with Crippen molar-refractivity contribution in [2.45, 2.75) is 24.8 Å². The zero-order chi connectivity index (χ0) is 7.68. The molecule has 0 atom stereocenters. The van der Waals surface area contributed by atoms with E-state index in [1.165, 1.54) is 5.56 Å². The smallest absolute Gasteiger partial charge is 0.0270 e. The second-order valence-corrected chi connectivity index (χ2v) is 3.21. The summed E-state index contributed by atoms with van der Waals surface area (Å²) in [5.74, 6) is 0.702. The van der Waals surface area contributed by atoms with Crippen LogP contribution in [0, 0.1) is 0 Å². The highest BCUT2D eigenvalue weighted by Gasteiger charge is 2.26. The van der Waals surface area contributed by atoms with Crippen LogP contribution in [0.15, 0.2) is 24.5 Å². The van der Waals surface area contributed by atoms with E-state index in [2.05, 4.69) is 17.1 Å². The van der Waals surface area contributed by atoms with Gasteiger partial charge in [0.05, 0.1) is 0 Å². The van der Waals surface area contributed by atoms with Crippen LogP contribution in [-0.4, -0.2) is 11.0 Å². The molecule has 1 aliphatic rings. The van der Waals surface area contributed by atoms with Crippen LogP contribution in [0.1, 0.15) is 24.3 Å². The van der Waals surface area contributed by atoms with Gasteiger partial charge in [-0.2, -0.15) is 0 Å². The number of halogens is 1. The maximum absolute atomic E-state index is 5.69. The lowest BCUT2D eigenvalue weighted by Gasteiger charge is -2.32. The Balaban J connectivity index is 0.000000720. The van der Waals surface area contributed by atoms with E-state index in [1.54, 1.807) is 0 Å². The van der Waals surface area contributed by atoms with Gasteiger partial charge in [-0.25, -0.2) is 0 Å². The summed E-state index contributed by atoms with van der Waals surface area (Å²) in [7, 11) is 0. The number of rotatable bonds is 1. The fraction of sp³-hybridized carbons (Fsp3) is 0.444. The summed E-state index contributed by atoms with van der Waals surface area (Å²) in [5, 5.41) is 0. The molecule has 66 valence electrons. The minimum atomic E-state index is 0. The van der Waals surface area contributed by atoms with Gasteiger partial charge in [0.25, 0.3) is 0 Å². The second-order valence-electron chi connectivity index (χ2n) is 3.21. The Labute approximate surface area is 78.6 Å². The van der Waals surface area contributed by atoms with Crippen molar-refractivity contribution in [3.8, 4) is 0 Å². The summed E-state index contributed by atoms with van der Waals surface area (Å²) in [6.07, 6.45) is 5.98. The number of aromatic nitrogens is 1. The van der Waals surface area contributed by atoms with E-state index < -0.39 is 0 Å². The van der Waals surface area contributed by atoms with Gasteiger partial charge in [0, 0.05) is 18.4 Å². The molecule has 0 aromatic carbocycles. The average molecular weight is 185 g/mol. The molecular weight excluding hydrogens is 172 g/mol. The first-order chi connectivity index (χ1) is 5.36. The first-order valence-corrected chi connectivity index (χ1v) is 4.02. The SMILES string of the molecule is Cl.NC1CC(c2ccncc2)C1. The molecule has 12 heavy (non-hydrogen) atoms. The van der Waals surface area contributed by atoms with Crippen molar-refractivity contribution >= 4 is 12.4 Å². The quantitative estimate of drug-likeness (QED) is 0.722. The van der Waals surface area contributed by atoms with Crippen LogP contribution in [0.3, 0.4) is 0 Å². The van der Waals surface area contributed by atoms with E-state index in [9.17, 15) is 0 Å². The number of hydrogen-bond donors (Lipinski definition) is 1. The molecule has 1 aliphatic carbocycles. The average Bonchev–Trinajstić information content (AvgIpc) is 2.01. The molecule has 1 saturated carbocycles. The van der Waals surface area contributed by atoms with E-state index >= 15 is 0 Å². The first-order valence-electron chi connectivity index (χ1n) is 4.02. The fourth-order valence-corrected chi connectivity index (χ4v) is 1.57. The van der Waals surface area contributed by atoms with Gasteiger partial charge in [0.2, 0.25) is 0 Å². The van der Waals surface area contributed by atoms with Gasteiger partial charge >= 0.3 is 0 Å². The molecule has 1 heterocycles. The Morgan fingerprint density at radius 3 is 2.33 bits per heavy atom. The van der Waals surface area contributed by atoms with Crippen LogP contribution >= 0.6 is 12.4 Å². The number of pyridine rings is 1. The molecule has 0 saturated heterocycles. The Morgan fingerprint density at radius 2 is 1.83 bits per heavy atom. The standard InChI is InChI=1S/C9H12N2.ClH/c10-9-5-8(6-9)7-1-3-11-4-2-7;/h1-4,8-9H,5-6,10H2;1H. The van der Waals surface area contributed by atoms with Crippen molar-refractivity contribution in [1.82, 2.24) is 4.98 Å². The summed E-state index contributed by atoms with van der Waals surface area (Å²) in [5.41, 5.74) is 7.08. The molecular formula is C9H13ClN2. The van der Waals surface area contributed by atoms with Crippen molar-refractivity contribution in [2.75, 3.05) is 0 Å². The minimum absolute atomic E-state index is 0. The maximum Gasteiger partial charge on any atom is 0.0270 e. The third-order valence-corrected chi connectivity index (χ3v) is 2.35. The second kappa shape index (κ2) is 3.87. The van der Waals surface area contributed by atoms with Gasteiger partial charge in [-0.15, -0.1) is 12.4 Å². The lowest BCUT2D eigenvalue weighted by Crippen LogP contribution is -2.34. The van der Waals surface area contributed by atoms with Gasteiger partial charge in [-0.05, 0) is 36.5 Å². The van der Waals surface area contributed by atoms with Crippen LogP contribution < -0.4 is 5.73 Å². The third-order valence-electron chi connectivity index (χ3n) is 2.35. The molecule has 1 aromatic heterocycles. The molecule has 0 unspecified atom stereocenters. The molecule has 0 aliphatic heterocycles. The minimum Gasteiger partial charge on any atom is -0.328 e. The van der Waals surface area contributed by atoms with E-state index in [0.717, 1.165) is 12.8 Å². The van der Waals surface area contributed by atoms with E-state index in [1.807, 2.05) is 12.4 Å². The molecule has 0 amide bonds. The Bertz CT molecular complexity index is 232. The zero-order valence-corrected chi connectivity index (χ0v) is 7.63. The molecule has 3 heteroatoms. The van der Waals surface area contributed by atoms with E-state index in [-0.39, 0.29) is 12.4 Å². The summed E-state index contributed by atoms with van der Waals surface area (Å²) in [6, 6.07) is 4.60. The lowest BCUT2D eigenvalue weighted by molar-refractivity contribution is 0.351. The van der Waals surface area contributed by atoms with E-state index in [4.69, 9.17) is 5.73 Å². The molecule has 2 nitrogen and oxygen atoms in total. The van der Waals surface area contributed by atoms with Gasteiger partial charge in [0.15, 0.2) is 0 Å². The van der Waals surface area contributed by atoms with Gasteiger partial charge in [0.1, 0.15) is 0 Å². The highest BCUT2D eigenvalue weighted by molar-refractivity contribution is 5.85. The summed E-state index contributed by atoms with van der Waals surface area (Å²) in [4.78, 5) is 3.97. The van der Waals surface area contributed by atoms with Crippen molar-refractivity contribution < 1.29 is 0 Å². The number of nitrogens with two attached hydrogens (primary N) is 1. The summed E-state index contributed by atoms with van der Waals surface area (Å²) >= 11 is 0. The fourth-order valence-electron chi connectivity index (χ4n) is 1.57. The Hall–Kier alpha value is -0.600. The predicted octanol–water partition coefficient (Wildman–Crippen LogP) is 1.71. The predicted molar refractivity (Wildman–Crippen MR) is 51.4 cm³/mol. The van der Waals surface area contributed by atoms with E-state index in [0.29, 0.717) is 12.0 Å². The highest BCUT2D eigenvalue weighted by atomic mass is 35.5. The first kappa shape index (κ1) is 9.49. The molecule has 0 bridgehead atoms. The topological polar surface area (TPSA) is 38.9 Å². The van der Waals surface area contributed by atoms with Gasteiger partial charge in [-0.1, -0.05) is 0 Å². The monoisotopic (exact) mass is 184 g/mol. The van der Waals surface area contributed by atoms with Crippen LogP contribution in [0.25, 0.3) is 0 Å². The number of nitrogens with zero attached hydrogens (tertiary/aromatic N) is 1. The Morgan fingerprint density at radius 1 is 1.25 bits per heavy atom. The van der Waals surface area contributed by atoms with Crippen LogP contribution in [0.4, 0.5) is 0 Å². The van der Waals surface area contributed by atoms with Crippen LogP contribution in [-0.2, 0) is 0 Å².